The molecular formula is C14H19NO3. The van der Waals surface area contributed by atoms with Crippen molar-refractivity contribution in [1.82, 2.24) is 0 Å². The molecule has 1 aliphatic heterocycles. The molecule has 0 spiro atoms. The van der Waals surface area contributed by atoms with E-state index in [0.717, 1.165) is 25.1 Å². The zero-order valence-corrected chi connectivity index (χ0v) is 10.9. The van der Waals surface area contributed by atoms with Crippen molar-refractivity contribution in [3.8, 4) is 0 Å². The average Bonchev–Trinajstić information content (AvgIpc) is 2.36. The van der Waals surface area contributed by atoms with E-state index in [9.17, 15) is 4.79 Å². The van der Waals surface area contributed by atoms with Gasteiger partial charge in [-0.15, -0.1) is 0 Å². The molecule has 98 valence electrons. The summed E-state index contributed by atoms with van der Waals surface area (Å²) >= 11 is 0. The lowest BCUT2D eigenvalue weighted by Gasteiger charge is -2.41. The van der Waals surface area contributed by atoms with Gasteiger partial charge in [0.25, 0.3) is 0 Å². The van der Waals surface area contributed by atoms with E-state index in [1.165, 1.54) is 12.7 Å². The molecule has 1 aliphatic rings. The number of carbonyl (C=O) groups is 1. The molecule has 0 aromatic heterocycles. The summed E-state index contributed by atoms with van der Waals surface area (Å²) in [5, 5.41) is 0. The third-order valence-electron chi connectivity index (χ3n) is 3.37. The Morgan fingerprint density at radius 1 is 1.39 bits per heavy atom. The van der Waals surface area contributed by atoms with E-state index in [4.69, 9.17) is 9.47 Å². The van der Waals surface area contributed by atoms with Crippen molar-refractivity contribution < 1.29 is 14.3 Å². The van der Waals surface area contributed by atoms with Crippen LogP contribution in [-0.2, 0) is 20.7 Å². The van der Waals surface area contributed by atoms with Crippen molar-refractivity contribution in [1.29, 1.82) is 0 Å². The second kappa shape index (κ2) is 5.87. The van der Waals surface area contributed by atoms with Gasteiger partial charge in [0.1, 0.15) is 6.04 Å². The summed E-state index contributed by atoms with van der Waals surface area (Å²) in [5.74, 6) is -0.150. The zero-order chi connectivity index (χ0) is 13.0. The fourth-order valence-electron chi connectivity index (χ4n) is 2.27. The number of benzene rings is 1. The third kappa shape index (κ3) is 2.48. The molecule has 2 rings (SSSR count). The molecule has 4 heteroatoms. The molecule has 1 unspecified atom stereocenters. The molecule has 18 heavy (non-hydrogen) atoms. The summed E-state index contributed by atoms with van der Waals surface area (Å²) < 4.78 is 9.94. The van der Waals surface area contributed by atoms with Gasteiger partial charge < -0.3 is 14.4 Å². The Kier molecular flexibility index (Phi) is 4.20. The Labute approximate surface area is 107 Å². The predicted molar refractivity (Wildman–Crippen MR) is 69.8 cm³/mol. The largest absolute Gasteiger partial charge is 0.467 e. The molecule has 0 aliphatic carbocycles. The second-order valence-corrected chi connectivity index (χ2v) is 4.39. The minimum atomic E-state index is -0.150. The van der Waals surface area contributed by atoms with E-state index < -0.39 is 0 Å². The summed E-state index contributed by atoms with van der Waals surface area (Å²) in [7, 11) is 3.14. The van der Waals surface area contributed by atoms with E-state index in [0.29, 0.717) is 6.61 Å². The van der Waals surface area contributed by atoms with E-state index in [1.54, 1.807) is 7.11 Å². The van der Waals surface area contributed by atoms with Crippen LogP contribution < -0.4 is 4.90 Å². The van der Waals surface area contributed by atoms with Crippen molar-refractivity contribution in [2.45, 2.75) is 18.9 Å². The average molecular weight is 249 g/mol. The van der Waals surface area contributed by atoms with Crippen LogP contribution in [0.25, 0.3) is 0 Å². The highest BCUT2D eigenvalue weighted by molar-refractivity contribution is 5.82. The van der Waals surface area contributed by atoms with Crippen LogP contribution in [0.1, 0.15) is 12.0 Å². The van der Waals surface area contributed by atoms with Gasteiger partial charge in [-0.1, -0.05) is 18.2 Å². The monoisotopic (exact) mass is 249 g/mol. The molecule has 0 N–H and O–H groups in total. The van der Waals surface area contributed by atoms with Crippen LogP contribution in [0.3, 0.4) is 0 Å². The lowest BCUT2D eigenvalue weighted by Crippen LogP contribution is -2.53. The number of nitrogens with zero attached hydrogens (tertiary/aromatic N) is 1. The molecule has 4 nitrogen and oxygen atoms in total. The highest BCUT2D eigenvalue weighted by Gasteiger charge is 2.35. The van der Waals surface area contributed by atoms with Gasteiger partial charge in [0, 0.05) is 19.3 Å². The number of ether oxygens (including phenoxy) is 2. The first kappa shape index (κ1) is 12.9. The molecule has 1 fully saturated rings. The van der Waals surface area contributed by atoms with Crippen LogP contribution in [0, 0.1) is 0 Å². The molecule has 1 atom stereocenters. The predicted octanol–water partition coefficient (Wildman–Crippen LogP) is 1.63. The Balaban J connectivity index is 2.15. The summed E-state index contributed by atoms with van der Waals surface area (Å²) in [6, 6.07) is 8.03. The minimum Gasteiger partial charge on any atom is -0.467 e. The number of methoxy groups -OCH3 is 2. The Bertz CT molecular complexity index is 419. The van der Waals surface area contributed by atoms with Crippen LogP contribution in [0.2, 0.25) is 0 Å². The van der Waals surface area contributed by atoms with Crippen molar-refractivity contribution >= 4 is 11.7 Å². The topological polar surface area (TPSA) is 38.8 Å². The van der Waals surface area contributed by atoms with Crippen LogP contribution in [0.4, 0.5) is 5.69 Å². The van der Waals surface area contributed by atoms with E-state index in [-0.39, 0.29) is 12.0 Å². The summed E-state index contributed by atoms with van der Waals surface area (Å²) in [6.45, 7) is 1.59. The maximum absolute atomic E-state index is 11.6. The van der Waals surface area contributed by atoms with Gasteiger partial charge in [-0.3, -0.25) is 0 Å². The molecule has 0 bridgehead atoms. The second-order valence-electron chi connectivity index (χ2n) is 4.39. The van der Waals surface area contributed by atoms with E-state index in [1.807, 2.05) is 12.1 Å². The molecule has 0 saturated carbocycles. The van der Waals surface area contributed by atoms with E-state index in [2.05, 4.69) is 17.0 Å². The number of hydrogen-bond acceptors (Lipinski definition) is 4. The standard InChI is InChI=1S/C14H19NO3/c1-17-10-8-11-5-3-4-6-12(11)15-9-7-13(15)14(16)18-2/h3-6,13H,7-10H2,1-2H3. The van der Waals surface area contributed by atoms with Gasteiger partial charge >= 0.3 is 5.97 Å². The van der Waals surface area contributed by atoms with Gasteiger partial charge in [-0.2, -0.15) is 0 Å². The fraction of sp³-hybridized carbons (Fsp3) is 0.500. The smallest absolute Gasteiger partial charge is 0.328 e. The lowest BCUT2D eigenvalue weighted by atomic mass is 9.99. The molecule has 0 amide bonds. The van der Waals surface area contributed by atoms with Crippen molar-refractivity contribution in [3.63, 3.8) is 0 Å². The molecule has 1 aromatic rings. The molecule has 1 saturated heterocycles. The van der Waals surface area contributed by atoms with Crippen LogP contribution in [0.15, 0.2) is 24.3 Å². The minimum absolute atomic E-state index is 0.126. The fourth-order valence-corrected chi connectivity index (χ4v) is 2.27. The van der Waals surface area contributed by atoms with Crippen molar-refractivity contribution in [3.05, 3.63) is 29.8 Å². The summed E-state index contributed by atoms with van der Waals surface area (Å²) in [6.07, 6.45) is 1.72. The van der Waals surface area contributed by atoms with Crippen LogP contribution >= 0.6 is 0 Å². The zero-order valence-electron chi connectivity index (χ0n) is 10.9. The third-order valence-corrected chi connectivity index (χ3v) is 3.37. The van der Waals surface area contributed by atoms with Gasteiger partial charge in [0.15, 0.2) is 0 Å². The summed E-state index contributed by atoms with van der Waals surface area (Å²) in [4.78, 5) is 13.7. The first-order valence-electron chi connectivity index (χ1n) is 6.19. The van der Waals surface area contributed by atoms with Gasteiger partial charge in [0.05, 0.1) is 13.7 Å². The molecular weight excluding hydrogens is 230 g/mol. The van der Waals surface area contributed by atoms with Crippen LogP contribution in [0.5, 0.6) is 0 Å². The maximum Gasteiger partial charge on any atom is 0.328 e. The number of rotatable bonds is 5. The molecule has 1 heterocycles. The quantitative estimate of drug-likeness (QED) is 0.743. The number of carbonyl (C=O) groups excluding carboxylic acids is 1. The van der Waals surface area contributed by atoms with Gasteiger partial charge in [-0.05, 0) is 24.5 Å². The lowest BCUT2D eigenvalue weighted by molar-refractivity contribution is -0.143. The highest BCUT2D eigenvalue weighted by Crippen LogP contribution is 2.30. The first-order valence-corrected chi connectivity index (χ1v) is 6.19. The van der Waals surface area contributed by atoms with Crippen LogP contribution in [-0.4, -0.2) is 39.4 Å². The van der Waals surface area contributed by atoms with Gasteiger partial charge in [0.2, 0.25) is 0 Å². The Morgan fingerprint density at radius 2 is 2.17 bits per heavy atom. The maximum atomic E-state index is 11.6. The molecule has 1 aromatic carbocycles. The van der Waals surface area contributed by atoms with Gasteiger partial charge in [-0.25, -0.2) is 4.79 Å². The van der Waals surface area contributed by atoms with Crippen molar-refractivity contribution in [2.75, 3.05) is 32.3 Å². The SMILES string of the molecule is COCCc1ccccc1N1CCC1C(=O)OC. The molecule has 0 radical (unpaired) electrons. The number of hydrogen-bond donors (Lipinski definition) is 0. The highest BCUT2D eigenvalue weighted by atomic mass is 16.5. The number of anilines is 1. The number of esters is 1. The number of para-hydroxylation sites is 1. The first-order chi connectivity index (χ1) is 8.77. The Morgan fingerprint density at radius 3 is 2.78 bits per heavy atom. The normalized spacial score (nSPS) is 18.3. The van der Waals surface area contributed by atoms with E-state index >= 15 is 0 Å². The van der Waals surface area contributed by atoms with Crippen molar-refractivity contribution in [2.24, 2.45) is 0 Å². The summed E-state index contributed by atoms with van der Waals surface area (Å²) in [5.41, 5.74) is 2.34. The Hall–Kier alpha value is -1.55.